The van der Waals surface area contributed by atoms with Gasteiger partial charge in [0.1, 0.15) is 0 Å². The van der Waals surface area contributed by atoms with Gasteiger partial charge >= 0.3 is 33.4 Å². The molecule has 6 rings (SSSR count). The van der Waals surface area contributed by atoms with Gasteiger partial charge in [-0.3, -0.25) is 0 Å². The Labute approximate surface area is 304 Å². The van der Waals surface area contributed by atoms with Gasteiger partial charge in [-0.1, -0.05) is 84.9 Å². The third-order valence-electron chi connectivity index (χ3n) is 8.50. The van der Waals surface area contributed by atoms with Crippen molar-refractivity contribution in [3.05, 3.63) is 145 Å². The summed E-state index contributed by atoms with van der Waals surface area (Å²) in [5, 5.41) is -4.37. The first kappa shape index (κ1) is 39.1. The molecule has 0 heterocycles. The van der Waals surface area contributed by atoms with Gasteiger partial charge in [0.15, 0.2) is 9.84 Å². The van der Waals surface area contributed by atoms with Crippen LogP contribution in [0, 0.1) is 0 Å². The fourth-order valence-corrected chi connectivity index (χ4v) is 12.4. The molecule has 0 bridgehead atoms. The number of sulfone groups is 1. The van der Waals surface area contributed by atoms with E-state index in [1.165, 1.54) is 36.4 Å². The first-order valence-corrected chi connectivity index (χ1v) is 20.1. The lowest BCUT2D eigenvalue weighted by atomic mass is 9.98. The minimum Gasteiger partial charge on any atom is -0.223 e. The average Bonchev–Trinajstić information content (AvgIpc) is 3.14. The van der Waals surface area contributed by atoms with E-state index in [1.807, 2.05) is 6.07 Å². The summed E-state index contributed by atoms with van der Waals surface area (Å²) in [7, 11) is -16.0. The van der Waals surface area contributed by atoms with Crippen LogP contribution in [0.15, 0.2) is 159 Å². The van der Waals surface area contributed by atoms with Gasteiger partial charge in [-0.2, -0.15) is 47.9 Å². The summed E-state index contributed by atoms with van der Waals surface area (Å²) < 4.78 is 186. The molecular weight excluding hydrogens is 792 g/mol. The molecule has 0 spiro atoms. The second kappa shape index (κ2) is 13.6. The number of rotatable bonds is 11. The van der Waals surface area contributed by atoms with Gasteiger partial charge in [0.05, 0.1) is 10.6 Å². The maximum Gasteiger partial charge on any atom is 0.460 e. The minimum absolute atomic E-state index is 0.306. The van der Waals surface area contributed by atoms with Crippen LogP contribution in [0.5, 0.6) is 0 Å². The second-order valence-electron chi connectivity index (χ2n) is 11.9. The molecule has 284 valence electrons. The van der Waals surface area contributed by atoms with Crippen molar-refractivity contribution in [1.82, 2.24) is 0 Å². The minimum atomic E-state index is -7.56. The van der Waals surface area contributed by atoms with Gasteiger partial charge in [-0.05, 0) is 92.0 Å². The third-order valence-corrected chi connectivity index (χ3v) is 15.4. The largest absolute Gasteiger partial charge is 0.460 e. The molecule has 0 saturated carbocycles. The quantitative estimate of drug-likeness (QED) is 0.0961. The van der Waals surface area contributed by atoms with Crippen molar-refractivity contribution in [3.63, 3.8) is 0 Å². The smallest absolute Gasteiger partial charge is 0.223 e. The van der Waals surface area contributed by atoms with Crippen LogP contribution in [0.2, 0.25) is 0 Å². The van der Waals surface area contributed by atoms with Crippen LogP contribution in [0.25, 0.3) is 21.5 Å². The summed E-state index contributed by atoms with van der Waals surface area (Å²) in [6.45, 7) is 0. The van der Waals surface area contributed by atoms with E-state index in [0.29, 0.717) is 16.3 Å². The summed E-state index contributed by atoms with van der Waals surface area (Å²) in [5.41, 5.74) is 0.453. The first-order valence-electron chi connectivity index (χ1n) is 15.5. The molecule has 6 aromatic carbocycles. The molecule has 0 aliphatic rings. The highest BCUT2D eigenvalue weighted by Crippen LogP contribution is 2.71. The molecule has 0 amide bonds. The van der Waals surface area contributed by atoms with E-state index in [0.717, 1.165) is 59.3 Å². The standard InChI is InChI=1S/C37H25F9O5S3/c38-34(39,36(42,43)44)35(40,41)37(45,46)54(49,50)51-53(28-13-3-1-4-14-28,29-15-5-2-6-16-29)30-21-19-27(20-22-30)52(47,48)24-33-31-17-9-7-11-25(31)23-26-12-8-10-18-32(26)33/h1-23H,24H2. The number of halogens is 9. The summed E-state index contributed by atoms with van der Waals surface area (Å²) in [5.74, 6) is -15.6. The van der Waals surface area contributed by atoms with Crippen molar-refractivity contribution in [2.45, 2.75) is 48.6 Å². The number of fused-ring (bicyclic) bond motifs is 2. The Kier molecular flexibility index (Phi) is 9.87. The Morgan fingerprint density at radius 3 is 1.30 bits per heavy atom. The Morgan fingerprint density at radius 1 is 0.463 bits per heavy atom. The van der Waals surface area contributed by atoms with Crippen molar-refractivity contribution in [1.29, 1.82) is 0 Å². The molecule has 0 atom stereocenters. The van der Waals surface area contributed by atoms with E-state index in [4.69, 9.17) is 3.63 Å². The highest BCUT2D eigenvalue weighted by atomic mass is 32.3. The van der Waals surface area contributed by atoms with Crippen LogP contribution in [-0.2, 0) is 29.3 Å². The zero-order valence-corrected chi connectivity index (χ0v) is 29.6. The van der Waals surface area contributed by atoms with Gasteiger partial charge in [0, 0.05) is 14.7 Å². The van der Waals surface area contributed by atoms with Gasteiger partial charge in [0.2, 0.25) is 0 Å². The van der Waals surface area contributed by atoms with Crippen LogP contribution in [-0.4, -0.2) is 40.1 Å². The molecule has 0 N–H and O–H groups in total. The summed E-state index contributed by atoms with van der Waals surface area (Å²) in [6.07, 6.45) is -7.29. The predicted octanol–water partition coefficient (Wildman–Crippen LogP) is 10.9. The number of benzene rings is 6. The van der Waals surface area contributed by atoms with Gasteiger partial charge in [-0.15, -0.1) is 0 Å². The fraction of sp³-hybridized carbons (Fsp3) is 0.135. The second-order valence-corrected chi connectivity index (χ2v) is 18.4. The highest BCUT2D eigenvalue weighted by molar-refractivity contribution is 8.33. The van der Waals surface area contributed by atoms with E-state index in [2.05, 4.69) is 0 Å². The molecule has 54 heavy (non-hydrogen) atoms. The Bertz CT molecular complexity index is 2450. The zero-order valence-electron chi connectivity index (χ0n) is 27.2. The van der Waals surface area contributed by atoms with Crippen LogP contribution < -0.4 is 0 Å². The molecule has 6 aromatic rings. The Morgan fingerprint density at radius 2 is 0.852 bits per heavy atom. The fourth-order valence-electron chi connectivity index (χ4n) is 5.82. The predicted molar refractivity (Wildman–Crippen MR) is 185 cm³/mol. The number of alkyl halides is 9. The van der Waals surface area contributed by atoms with Crippen LogP contribution in [0.3, 0.4) is 0 Å². The summed E-state index contributed by atoms with van der Waals surface area (Å²) >= 11 is 0. The number of hydrogen-bond donors (Lipinski definition) is 0. The third kappa shape index (κ3) is 6.39. The lowest BCUT2D eigenvalue weighted by Crippen LogP contribution is -2.63. The van der Waals surface area contributed by atoms with Crippen LogP contribution in [0.1, 0.15) is 5.56 Å². The Hall–Kier alpha value is -4.58. The molecule has 0 unspecified atom stereocenters. The molecular formula is C37H25F9O5S3. The van der Waals surface area contributed by atoms with E-state index in [9.17, 15) is 47.6 Å². The van der Waals surface area contributed by atoms with Gasteiger partial charge in [-0.25, -0.2) is 12.0 Å². The molecule has 5 nitrogen and oxygen atoms in total. The van der Waals surface area contributed by atoms with Crippen molar-refractivity contribution >= 4 is 51.8 Å². The van der Waals surface area contributed by atoms with E-state index < -0.39 is 64.2 Å². The Balaban J connectivity index is 1.51. The normalized spacial score (nSPS) is 14.0. The maximum absolute atomic E-state index is 15.2. The lowest BCUT2D eigenvalue weighted by molar-refractivity contribution is -0.382. The maximum atomic E-state index is 15.2. The monoisotopic (exact) mass is 816 g/mol. The molecule has 0 saturated heterocycles. The van der Waals surface area contributed by atoms with E-state index in [1.54, 1.807) is 48.5 Å². The number of hydrogen-bond acceptors (Lipinski definition) is 5. The van der Waals surface area contributed by atoms with Crippen LogP contribution >= 0.6 is 10.3 Å². The molecule has 17 heteroatoms. The molecule has 0 fully saturated rings. The molecule has 0 aromatic heterocycles. The van der Waals surface area contributed by atoms with Crippen molar-refractivity contribution in [3.8, 4) is 0 Å². The summed E-state index contributed by atoms with van der Waals surface area (Å²) in [6, 6.07) is 32.4. The summed E-state index contributed by atoms with van der Waals surface area (Å²) in [4.78, 5) is -1.37. The topological polar surface area (TPSA) is 77.5 Å². The van der Waals surface area contributed by atoms with Crippen molar-refractivity contribution < 1.29 is 60.0 Å². The first-order chi connectivity index (χ1) is 25.2. The van der Waals surface area contributed by atoms with Crippen LogP contribution in [0.4, 0.5) is 39.5 Å². The average molecular weight is 817 g/mol. The molecule has 0 radical (unpaired) electrons. The van der Waals surface area contributed by atoms with Crippen molar-refractivity contribution in [2.75, 3.05) is 0 Å². The van der Waals surface area contributed by atoms with Crippen molar-refractivity contribution in [2.24, 2.45) is 0 Å². The van der Waals surface area contributed by atoms with E-state index in [-0.39, 0.29) is 14.7 Å². The highest BCUT2D eigenvalue weighted by Gasteiger charge is 2.86. The lowest BCUT2D eigenvalue weighted by Gasteiger charge is -2.41. The van der Waals surface area contributed by atoms with Gasteiger partial charge < -0.3 is 0 Å². The van der Waals surface area contributed by atoms with E-state index >= 15 is 8.78 Å². The SMILES string of the molecule is O=S(=O)(Cc1c2ccccc2cc2ccccc12)c1ccc(S(OS(=O)(=O)C(F)(F)C(F)(F)C(F)(F)C(F)(F)F)(c2ccccc2)c2ccccc2)cc1. The van der Waals surface area contributed by atoms with Gasteiger partial charge in [0.25, 0.3) is 0 Å². The molecule has 0 aliphatic carbocycles. The zero-order chi connectivity index (χ0) is 39.4. The molecule has 0 aliphatic heterocycles.